The zero-order valence-corrected chi connectivity index (χ0v) is 21.6. The minimum absolute atomic E-state index is 0.000774. The number of nitrogens with zero attached hydrogens (tertiary/aromatic N) is 1. The minimum atomic E-state index is -2.93. The van der Waals surface area contributed by atoms with Crippen LogP contribution in [0.3, 0.4) is 0 Å². The minimum Gasteiger partial charge on any atom is -0.449 e. The van der Waals surface area contributed by atoms with E-state index in [-0.39, 0.29) is 29.3 Å². The number of ether oxygens (including phenoxy) is 1. The fourth-order valence-corrected chi connectivity index (χ4v) is 5.63. The molecule has 1 aromatic heterocycles. The van der Waals surface area contributed by atoms with Crippen molar-refractivity contribution in [3.8, 4) is 0 Å². The molecule has 183 valence electrons. The van der Waals surface area contributed by atoms with Crippen molar-refractivity contribution < 1.29 is 18.5 Å². The smallest absolute Gasteiger partial charge is 0.407 e. The van der Waals surface area contributed by atoms with Gasteiger partial charge in [-0.1, -0.05) is 25.1 Å². The number of hydrogen-bond donors (Lipinski definition) is 4. The van der Waals surface area contributed by atoms with Crippen LogP contribution in [0, 0.1) is 10.7 Å². The number of H-pyrrole nitrogens is 1. The Hall–Kier alpha value is -2.66. The fraction of sp³-hybridized carbons (Fsp3) is 0.522. The molecule has 1 aliphatic rings. The molecule has 1 aliphatic carbocycles. The Morgan fingerprint density at radius 2 is 2.15 bits per heavy atom. The summed E-state index contributed by atoms with van der Waals surface area (Å²) >= 11 is 0. The molecule has 0 saturated heterocycles. The summed E-state index contributed by atoms with van der Waals surface area (Å²) in [6.07, 6.45) is 4.28. The van der Waals surface area contributed by atoms with E-state index < -0.39 is 15.8 Å². The van der Waals surface area contributed by atoms with Gasteiger partial charge >= 0.3 is 6.09 Å². The molecule has 0 bridgehead atoms. The van der Waals surface area contributed by atoms with E-state index in [0.717, 1.165) is 31.4 Å². The number of alkyl carbamates (subject to hydrolysis) is 1. The Balaban J connectivity index is 1.56. The van der Waals surface area contributed by atoms with E-state index in [0.29, 0.717) is 22.9 Å². The zero-order chi connectivity index (χ0) is 24.9. The van der Waals surface area contributed by atoms with Crippen molar-refractivity contribution in [2.24, 2.45) is 5.92 Å². The average Bonchev–Trinajstić information content (AvgIpc) is 3.39. The highest BCUT2D eigenvalue weighted by molar-refractivity contribution is 7.91. The summed E-state index contributed by atoms with van der Waals surface area (Å²) in [5.41, 5.74) is 1.40. The van der Waals surface area contributed by atoms with Crippen LogP contribution in [0.25, 0.3) is 0 Å². The summed E-state index contributed by atoms with van der Waals surface area (Å²) in [5.74, 6) is 0.305. The average molecular weight is 503 g/mol. The molecular formula is C23H32N5O4SSi. The van der Waals surface area contributed by atoms with Crippen LogP contribution in [-0.2, 0) is 30.7 Å². The summed E-state index contributed by atoms with van der Waals surface area (Å²) in [4.78, 5) is 24.8. The quantitative estimate of drug-likeness (QED) is 0.390. The molecule has 1 saturated carbocycles. The van der Waals surface area contributed by atoms with Gasteiger partial charge in [0.15, 0.2) is 5.82 Å². The molecule has 1 aromatic carbocycles. The number of amides is 2. The van der Waals surface area contributed by atoms with Crippen molar-refractivity contribution in [3.05, 3.63) is 41.6 Å². The SMILES string of the molecule is CC[C@H](C)NC(=O)OCC1CC[C@]([Si])(c2cc(NC(=O)Cc3ccccc3S(C)(=N)=O)n[nH]2)C1. The number of rotatable bonds is 9. The second-order valence-corrected chi connectivity index (χ2v) is 12.2. The van der Waals surface area contributed by atoms with Gasteiger partial charge in [0.05, 0.1) is 27.7 Å². The van der Waals surface area contributed by atoms with E-state index in [1.165, 1.54) is 6.26 Å². The lowest BCUT2D eigenvalue weighted by Crippen LogP contribution is -2.33. The summed E-state index contributed by atoms with van der Waals surface area (Å²) in [6.45, 7) is 4.29. The Kier molecular flexibility index (Phi) is 8.19. The van der Waals surface area contributed by atoms with Crippen LogP contribution in [0.2, 0.25) is 0 Å². The summed E-state index contributed by atoms with van der Waals surface area (Å²) < 4.78 is 25.4. The van der Waals surface area contributed by atoms with Gasteiger partial charge in [0, 0.05) is 34.3 Å². The molecule has 4 N–H and O–H groups in total. The third kappa shape index (κ3) is 6.69. The Morgan fingerprint density at radius 3 is 2.85 bits per heavy atom. The lowest BCUT2D eigenvalue weighted by atomic mass is 10.0. The molecule has 9 nitrogen and oxygen atoms in total. The maximum Gasteiger partial charge on any atom is 0.407 e. The standard InChI is InChI=1S/C23H32N5O4SSi/c1-4-15(2)25-22(30)32-14-16-9-10-23(34,13-16)19-12-20(28-27-19)26-21(29)11-17-7-5-6-8-18(17)33(3,24)31/h5-8,12,15-16,24H,4,9-11,13-14H2,1-3H3,(H,25,30)(H2,26,27,28,29)/t15-,16?,23+,33?/m0/s1. The molecule has 34 heavy (non-hydrogen) atoms. The van der Waals surface area contributed by atoms with Gasteiger partial charge in [0.25, 0.3) is 0 Å². The van der Waals surface area contributed by atoms with Crippen molar-refractivity contribution in [2.45, 2.75) is 61.9 Å². The second-order valence-electron chi connectivity index (χ2n) is 9.09. The van der Waals surface area contributed by atoms with Crippen LogP contribution in [-0.4, -0.2) is 55.6 Å². The van der Waals surface area contributed by atoms with Gasteiger partial charge in [0.2, 0.25) is 5.91 Å². The van der Waals surface area contributed by atoms with Crippen molar-refractivity contribution in [2.75, 3.05) is 18.2 Å². The fourth-order valence-electron chi connectivity index (χ4n) is 4.09. The molecule has 1 heterocycles. The van der Waals surface area contributed by atoms with Gasteiger partial charge in [-0.25, -0.2) is 13.8 Å². The van der Waals surface area contributed by atoms with E-state index in [9.17, 15) is 13.8 Å². The van der Waals surface area contributed by atoms with Crippen molar-refractivity contribution >= 4 is 37.8 Å². The molecule has 0 aliphatic heterocycles. The summed E-state index contributed by atoms with van der Waals surface area (Å²) in [5, 5.41) is 12.5. The monoisotopic (exact) mass is 502 g/mol. The van der Waals surface area contributed by atoms with Crippen LogP contribution in [0.15, 0.2) is 35.2 Å². The number of aromatic nitrogens is 2. The van der Waals surface area contributed by atoms with Gasteiger partial charge in [-0.3, -0.25) is 9.89 Å². The van der Waals surface area contributed by atoms with Gasteiger partial charge < -0.3 is 15.4 Å². The molecule has 0 spiro atoms. The third-order valence-electron chi connectivity index (χ3n) is 6.15. The van der Waals surface area contributed by atoms with Gasteiger partial charge in [0.1, 0.15) is 0 Å². The summed E-state index contributed by atoms with van der Waals surface area (Å²) in [6, 6.07) is 8.67. The number of hydrogen-bond acceptors (Lipinski definition) is 6. The Morgan fingerprint density at radius 1 is 1.41 bits per heavy atom. The predicted octanol–water partition coefficient (Wildman–Crippen LogP) is 3.31. The van der Waals surface area contributed by atoms with Gasteiger partial charge in [-0.05, 0) is 55.2 Å². The third-order valence-corrected chi connectivity index (χ3v) is 8.11. The van der Waals surface area contributed by atoms with Crippen LogP contribution in [0.4, 0.5) is 10.6 Å². The number of carbonyl (C=O) groups excluding carboxylic acids is 2. The van der Waals surface area contributed by atoms with Crippen LogP contribution < -0.4 is 10.6 Å². The maximum absolute atomic E-state index is 12.6. The second kappa shape index (κ2) is 10.7. The van der Waals surface area contributed by atoms with E-state index in [1.54, 1.807) is 30.3 Å². The molecule has 11 heteroatoms. The lowest BCUT2D eigenvalue weighted by molar-refractivity contribution is -0.115. The van der Waals surface area contributed by atoms with E-state index >= 15 is 0 Å². The first-order valence-electron chi connectivity index (χ1n) is 11.4. The summed E-state index contributed by atoms with van der Waals surface area (Å²) in [7, 11) is 0.953. The predicted molar refractivity (Wildman–Crippen MR) is 131 cm³/mol. The van der Waals surface area contributed by atoms with Crippen LogP contribution in [0.5, 0.6) is 0 Å². The van der Waals surface area contributed by atoms with Crippen LogP contribution in [0.1, 0.15) is 50.8 Å². The van der Waals surface area contributed by atoms with Crippen molar-refractivity contribution in [3.63, 3.8) is 0 Å². The van der Waals surface area contributed by atoms with Gasteiger partial charge in [-0.15, -0.1) is 0 Å². The van der Waals surface area contributed by atoms with Gasteiger partial charge in [-0.2, -0.15) is 5.10 Å². The highest BCUT2D eigenvalue weighted by atomic mass is 32.2. The lowest BCUT2D eigenvalue weighted by Gasteiger charge is -2.22. The largest absolute Gasteiger partial charge is 0.449 e. The van der Waals surface area contributed by atoms with Crippen molar-refractivity contribution in [1.29, 1.82) is 4.78 Å². The number of carbonyl (C=O) groups is 2. The molecule has 4 atom stereocenters. The highest BCUT2D eigenvalue weighted by Gasteiger charge is 2.38. The van der Waals surface area contributed by atoms with E-state index in [1.807, 2.05) is 13.8 Å². The zero-order valence-electron chi connectivity index (χ0n) is 19.8. The number of aromatic amines is 1. The topological polar surface area (TPSA) is 137 Å². The maximum atomic E-state index is 12.6. The first kappa shape index (κ1) is 26.0. The first-order valence-corrected chi connectivity index (χ1v) is 13.8. The molecule has 3 rings (SSSR count). The normalized spacial score (nSPS) is 22.5. The molecule has 2 amide bonds. The number of anilines is 1. The molecule has 1 fully saturated rings. The van der Waals surface area contributed by atoms with Crippen LogP contribution >= 0.6 is 0 Å². The Bertz CT molecular complexity index is 1140. The molecule has 2 aromatic rings. The Labute approximate surface area is 204 Å². The van der Waals surface area contributed by atoms with E-state index in [2.05, 4.69) is 31.1 Å². The van der Waals surface area contributed by atoms with Crippen molar-refractivity contribution in [1.82, 2.24) is 15.5 Å². The first-order chi connectivity index (χ1) is 16.0. The number of nitrogens with one attached hydrogen (secondary N) is 4. The van der Waals surface area contributed by atoms with E-state index in [4.69, 9.17) is 9.52 Å². The molecular weight excluding hydrogens is 470 g/mol. The highest BCUT2D eigenvalue weighted by Crippen LogP contribution is 2.41. The number of benzene rings is 1. The molecule has 2 unspecified atom stereocenters. The molecule has 3 radical (unpaired) electrons.